The van der Waals surface area contributed by atoms with Gasteiger partial charge in [-0.15, -0.1) is 0 Å². The fourth-order valence-corrected chi connectivity index (χ4v) is 2.57. The smallest absolute Gasteiger partial charge is 0.277 e. The van der Waals surface area contributed by atoms with Crippen molar-refractivity contribution < 1.29 is 9.59 Å². The molecule has 0 spiro atoms. The Morgan fingerprint density at radius 1 is 1.14 bits per heavy atom. The molecule has 1 aromatic carbocycles. The highest BCUT2D eigenvalue weighted by atomic mass is 79.9. The Morgan fingerprint density at radius 3 is 2.52 bits per heavy atom. The van der Waals surface area contributed by atoms with Crippen LogP contribution in [0.3, 0.4) is 0 Å². The van der Waals surface area contributed by atoms with Crippen molar-refractivity contribution in [2.75, 3.05) is 0 Å². The zero-order valence-corrected chi connectivity index (χ0v) is 13.6. The quantitative estimate of drug-likeness (QED) is 0.624. The number of imide groups is 1. The van der Waals surface area contributed by atoms with Crippen LogP contribution in [0.5, 0.6) is 0 Å². The van der Waals surface area contributed by atoms with Crippen LogP contribution >= 0.6 is 39.5 Å². The van der Waals surface area contributed by atoms with Crippen molar-refractivity contribution in [3.63, 3.8) is 0 Å². The summed E-state index contributed by atoms with van der Waals surface area (Å²) in [6.45, 7) is 0. The zero-order valence-electron chi connectivity index (χ0n) is 10.5. The van der Waals surface area contributed by atoms with Gasteiger partial charge < -0.3 is 0 Å². The van der Waals surface area contributed by atoms with E-state index in [0.29, 0.717) is 15.1 Å². The lowest BCUT2D eigenvalue weighted by atomic mass is 10.2. The molecular formula is C13H9BrClN3O2S. The second-order valence-corrected chi connectivity index (χ2v) is 5.79. The van der Waals surface area contributed by atoms with Gasteiger partial charge in [-0.05, 0) is 52.1 Å². The first-order valence-electron chi connectivity index (χ1n) is 5.71. The summed E-state index contributed by atoms with van der Waals surface area (Å²) in [5, 5.41) is 2.47. The Morgan fingerprint density at radius 2 is 1.86 bits per heavy atom. The van der Waals surface area contributed by atoms with E-state index in [0.717, 1.165) is 11.9 Å². The second kappa shape index (κ2) is 7.44. The SMILES string of the molecule is O=C(NSc1ccc(Br)nc1Cl)NC(=O)c1ccccc1. The molecule has 108 valence electrons. The van der Waals surface area contributed by atoms with Gasteiger partial charge in [0.2, 0.25) is 0 Å². The molecule has 0 aliphatic rings. The third kappa shape index (κ3) is 4.73. The number of pyridine rings is 1. The minimum Gasteiger partial charge on any atom is -0.277 e. The maximum Gasteiger partial charge on any atom is 0.331 e. The molecule has 2 N–H and O–H groups in total. The molecule has 21 heavy (non-hydrogen) atoms. The van der Waals surface area contributed by atoms with E-state index >= 15 is 0 Å². The number of urea groups is 1. The van der Waals surface area contributed by atoms with Crippen LogP contribution in [0.25, 0.3) is 0 Å². The first kappa shape index (κ1) is 15.8. The normalized spacial score (nSPS) is 10.0. The van der Waals surface area contributed by atoms with Crippen molar-refractivity contribution >= 4 is 51.4 Å². The summed E-state index contributed by atoms with van der Waals surface area (Å²) in [5.41, 5.74) is 0.404. The molecule has 2 rings (SSSR count). The Hall–Kier alpha value is -1.57. The average Bonchev–Trinajstić information content (AvgIpc) is 2.47. The molecule has 3 amide bonds. The predicted molar refractivity (Wildman–Crippen MR) is 85.2 cm³/mol. The third-order valence-corrected chi connectivity index (χ3v) is 3.98. The van der Waals surface area contributed by atoms with Crippen LogP contribution in [0.15, 0.2) is 52.0 Å². The van der Waals surface area contributed by atoms with Crippen molar-refractivity contribution in [3.8, 4) is 0 Å². The highest BCUT2D eigenvalue weighted by Gasteiger charge is 2.11. The lowest BCUT2D eigenvalue weighted by Gasteiger charge is -2.07. The van der Waals surface area contributed by atoms with Crippen molar-refractivity contribution in [1.29, 1.82) is 0 Å². The number of hydrogen-bond acceptors (Lipinski definition) is 4. The number of nitrogens with zero attached hydrogens (tertiary/aromatic N) is 1. The summed E-state index contributed by atoms with van der Waals surface area (Å²) in [7, 11) is 0. The molecule has 0 bridgehead atoms. The standard InChI is InChI=1S/C13H9BrClN3O2S/c14-10-7-6-9(11(15)16-10)21-18-13(20)17-12(19)8-4-2-1-3-5-8/h1-7H,(H2,17,18,19,20). The number of nitrogens with one attached hydrogen (secondary N) is 2. The highest BCUT2D eigenvalue weighted by molar-refractivity contribution is 9.10. The van der Waals surface area contributed by atoms with E-state index in [1.54, 1.807) is 42.5 Å². The first-order valence-corrected chi connectivity index (χ1v) is 7.70. The van der Waals surface area contributed by atoms with Gasteiger partial charge in [0.25, 0.3) is 5.91 Å². The van der Waals surface area contributed by atoms with E-state index < -0.39 is 11.9 Å². The second-order valence-electron chi connectivity index (χ2n) is 3.78. The topological polar surface area (TPSA) is 71.1 Å². The van der Waals surface area contributed by atoms with Gasteiger partial charge in [0, 0.05) is 5.56 Å². The monoisotopic (exact) mass is 385 g/mol. The molecule has 2 aromatic rings. The molecule has 0 atom stereocenters. The number of rotatable bonds is 3. The Labute approximate surface area is 138 Å². The Bertz CT molecular complexity index is 670. The van der Waals surface area contributed by atoms with Gasteiger partial charge in [-0.2, -0.15) is 0 Å². The summed E-state index contributed by atoms with van der Waals surface area (Å²) >= 11 is 10.1. The molecule has 1 aromatic heterocycles. The minimum absolute atomic E-state index is 0.254. The molecule has 0 radical (unpaired) electrons. The largest absolute Gasteiger partial charge is 0.331 e. The summed E-state index contributed by atoms with van der Waals surface area (Å²) in [5.74, 6) is -0.478. The predicted octanol–water partition coefficient (Wildman–Crippen LogP) is 3.64. The van der Waals surface area contributed by atoms with E-state index in [1.807, 2.05) is 0 Å². The number of hydrogen-bond donors (Lipinski definition) is 2. The summed E-state index contributed by atoms with van der Waals surface area (Å²) < 4.78 is 3.06. The number of benzene rings is 1. The van der Waals surface area contributed by atoms with Gasteiger partial charge in [-0.3, -0.25) is 14.8 Å². The van der Waals surface area contributed by atoms with Crippen molar-refractivity contribution in [1.82, 2.24) is 15.0 Å². The average molecular weight is 387 g/mol. The molecule has 0 fully saturated rings. The van der Waals surface area contributed by atoms with Crippen LogP contribution in [-0.2, 0) is 0 Å². The molecule has 1 heterocycles. The van der Waals surface area contributed by atoms with E-state index in [9.17, 15) is 9.59 Å². The molecule has 5 nitrogen and oxygen atoms in total. The lowest BCUT2D eigenvalue weighted by molar-refractivity contribution is 0.0965. The minimum atomic E-state index is -0.632. The maximum atomic E-state index is 11.8. The van der Waals surface area contributed by atoms with Gasteiger partial charge in [0.1, 0.15) is 9.76 Å². The summed E-state index contributed by atoms with van der Waals surface area (Å²) in [6, 6.07) is 11.2. The van der Waals surface area contributed by atoms with E-state index in [-0.39, 0.29) is 5.15 Å². The molecule has 0 saturated carbocycles. The zero-order chi connectivity index (χ0) is 15.2. The summed E-state index contributed by atoms with van der Waals surface area (Å²) in [4.78, 5) is 27.9. The first-order chi connectivity index (χ1) is 10.1. The summed E-state index contributed by atoms with van der Waals surface area (Å²) in [6.07, 6.45) is 0. The molecule has 0 aliphatic carbocycles. The fourth-order valence-electron chi connectivity index (χ4n) is 1.37. The van der Waals surface area contributed by atoms with Crippen molar-refractivity contribution in [2.45, 2.75) is 4.90 Å². The Kier molecular flexibility index (Phi) is 5.60. The molecule has 8 heteroatoms. The van der Waals surface area contributed by atoms with E-state index in [2.05, 4.69) is 31.0 Å². The molecule has 0 unspecified atom stereocenters. The van der Waals surface area contributed by atoms with Crippen LogP contribution in [-0.4, -0.2) is 16.9 Å². The van der Waals surface area contributed by atoms with Crippen LogP contribution in [0.1, 0.15) is 10.4 Å². The lowest BCUT2D eigenvalue weighted by Crippen LogP contribution is -2.36. The molecule has 0 aliphatic heterocycles. The van der Waals surface area contributed by atoms with Gasteiger partial charge in [0.15, 0.2) is 0 Å². The van der Waals surface area contributed by atoms with Crippen LogP contribution in [0.2, 0.25) is 5.15 Å². The molecular weight excluding hydrogens is 378 g/mol. The fraction of sp³-hybridized carbons (Fsp3) is 0. The number of aromatic nitrogens is 1. The van der Waals surface area contributed by atoms with Gasteiger partial charge in [-0.1, -0.05) is 29.8 Å². The van der Waals surface area contributed by atoms with E-state index in [4.69, 9.17) is 11.6 Å². The molecule has 0 saturated heterocycles. The van der Waals surface area contributed by atoms with Gasteiger partial charge in [-0.25, -0.2) is 9.78 Å². The van der Waals surface area contributed by atoms with Crippen LogP contribution in [0, 0.1) is 0 Å². The highest BCUT2D eigenvalue weighted by Crippen LogP contribution is 2.24. The van der Waals surface area contributed by atoms with Gasteiger partial charge in [0.05, 0.1) is 4.90 Å². The van der Waals surface area contributed by atoms with Crippen molar-refractivity contribution in [3.05, 3.63) is 57.8 Å². The van der Waals surface area contributed by atoms with E-state index in [1.165, 1.54) is 0 Å². The number of amides is 3. The number of carbonyl (C=O) groups excluding carboxylic acids is 2. The third-order valence-electron chi connectivity index (χ3n) is 2.30. The Balaban J connectivity index is 1.89. The van der Waals surface area contributed by atoms with Crippen molar-refractivity contribution in [2.24, 2.45) is 0 Å². The van der Waals surface area contributed by atoms with Crippen LogP contribution in [0.4, 0.5) is 4.79 Å². The number of carbonyl (C=O) groups is 2. The maximum absolute atomic E-state index is 11.8. The van der Waals surface area contributed by atoms with Crippen LogP contribution < -0.4 is 10.0 Å². The van der Waals surface area contributed by atoms with Gasteiger partial charge >= 0.3 is 6.03 Å². The number of halogens is 2.